The van der Waals surface area contributed by atoms with Crippen LogP contribution in [0.25, 0.3) is 0 Å². The fraction of sp³-hybridized carbons (Fsp3) is 0.333. The van der Waals surface area contributed by atoms with Crippen LogP contribution in [0, 0.1) is 0 Å². The first-order valence-corrected chi connectivity index (χ1v) is 9.63. The summed E-state index contributed by atoms with van der Waals surface area (Å²) in [6.45, 7) is 3.93. The molecular weight excluding hydrogens is 338 g/mol. The van der Waals surface area contributed by atoms with Crippen molar-refractivity contribution in [1.82, 2.24) is 4.31 Å². The summed E-state index contributed by atoms with van der Waals surface area (Å²) >= 11 is 0. The first-order valence-electron chi connectivity index (χ1n) is 5.88. The second-order valence-corrected chi connectivity index (χ2v) is 8.56. The van der Waals surface area contributed by atoms with Crippen LogP contribution in [-0.2, 0) is 23.8 Å². The molecule has 0 N–H and O–H groups in total. The zero-order valence-electron chi connectivity index (χ0n) is 11.4. The lowest BCUT2D eigenvalue weighted by molar-refractivity contribution is 0.182. The molecule has 0 aliphatic heterocycles. The zero-order chi connectivity index (χ0) is 16.1. The van der Waals surface area contributed by atoms with E-state index in [0.29, 0.717) is 0 Å². The zero-order valence-corrected chi connectivity index (χ0v) is 13.8. The van der Waals surface area contributed by atoms with Crippen molar-refractivity contribution in [3.8, 4) is 0 Å². The van der Waals surface area contributed by atoms with Crippen LogP contribution in [0.4, 0.5) is 0 Å². The van der Waals surface area contributed by atoms with E-state index >= 15 is 0 Å². The first kappa shape index (κ1) is 18.1. The van der Waals surface area contributed by atoms with Gasteiger partial charge in [-0.3, -0.25) is 0 Å². The van der Waals surface area contributed by atoms with Crippen molar-refractivity contribution < 1.29 is 21.6 Å². The van der Waals surface area contributed by atoms with E-state index in [1.165, 1.54) is 31.4 Å². The third kappa shape index (κ3) is 4.79. The van der Waals surface area contributed by atoms with Crippen molar-refractivity contribution in [1.29, 1.82) is 0 Å². The van der Waals surface area contributed by atoms with Gasteiger partial charge in [0, 0.05) is 30.9 Å². The Kier molecular flexibility index (Phi) is 6.36. The second kappa shape index (κ2) is 7.37. The van der Waals surface area contributed by atoms with E-state index in [2.05, 4.69) is 6.58 Å². The fourth-order valence-corrected chi connectivity index (χ4v) is 3.89. The largest absolute Gasteiger partial charge is 0.383 e. The van der Waals surface area contributed by atoms with Gasteiger partial charge in [-0.2, -0.15) is 4.31 Å². The van der Waals surface area contributed by atoms with Gasteiger partial charge in [0.2, 0.25) is 10.0 Å². The SMILES string of the molecule is C=CCN(CCOC)S(=O)(=O)c1cccc(S(=O)(=O)Cl)c1. The van der Waals surface area contributed by atoms with Gasteiger partial charge >= 0.3 is 0 Å². The number of benzene rings is 1. The lowest BCUT2D eigenvalue weighted by atomic mass is 10.4. The molecule has 1 aromatic carbocycles. The van der Waals surface area contributed by atoms with Crippen molar-refractivity contribution in [2.75, 3.05) is 26.8 Å². The molecule has 0 radical (unpaired) electrons. The highest BCUT2D eigenvalue weighted by Gasteiger charge is 2.24. The normalized spacial score (nSPS) is 12.5. The summed E-state index contributed by atoms with van der Waals surface area (Å²) < 4.78 is 53.6. The van der Waals surface area contributed by atoms with E-state index in [-0.39, 0.29) is 29.5 Å². The third-order valence-electron chi connectivity index (χ3n) is 2.60. The summed E-state index contributed by atoms with van der Waals surface area (Å²) in [5.74, 6) is 0. The molecule has 0 aliphatic rings. The lowest BCUT2D eigenvalue weighted by Crippen LogP contribution is -2.34. The van der Waals surface area contributed by atoms with Gasteiger partial charge in [-0.05, 0) is 18.2 Å². The van der Waals surface area contributed by atoms with E-state index in [0.717, 1.165) is 10.4 Å². The maximum Gasteiger partial charge on any atom is 0.261 e. The van der Waals surface area contributed by atoms with Crippen LogP contribution in [0.1, 0.15) is 0 Å². The molecule has 0 spiro atoms. The minimum atomic E-state index is -4.00. The molecule has 0 unspecified atom stereocenters. The Morgan fingerprint density at radius 3 is 2.43 bits per heavy atom. The standard InChI is InChI=1S/C12H16ClNO5S2/c1-3-7-14(8-9-19-2)21(17,18)12-6-4-5-11(10-12)20(13,15)16/h3-6,10H,1,7-9H2,2H3. The van der Waals surface area contributed by atoms with Gasteiger partial charge in [0.15, 0.2) is 0 Å². The number of nitrogens with zero attached hydrogens (tertiary/aromatic N) is 1. The maximum absolute atomic E-state index is 12.5. The van der Waals surface area contributed by atoms with Crippen LogP contribution in [-0.4, -0.2) is 47.9 Å². The Morgan fingerprint density at radius 2 is 1.90 bits per heavy atom. The monoisotopic (exact) mass is 353 g/mol. The third-order valence-corrected chi connectivity index (χ3v) is 5.82. The molecule has 0 bridgehead atoms. The highest BCUT2D eigenvalue weighted by molar-refractivity contribution is 8.13. The average molecular weight is 354 g/mol. The first-order chi connectivity index (χ1) is 9.73. The van der Waals surface area contributed by atoms with E-state index in [1.54, 1.807) is 0 Å². The Labute approximate surface area is 129 Å². The van der Waals surface area contributed by atoms with E-state index in [1.807, 2.05) is 0 Å². The molecular formula is C12H16ClNO5S2. The summed E-state index contributed by atoms with van der Waals surface area (Å²) in [7, 11) is -1.17. The quantitative estimate of drug-likeness (QED) is 0.521. The minimum Gasteiger partial charge on any atom is -0.383 e. The highest BCUT2D eigenvalue weighted by atomic mass is 35.7. The molecule has 9 heteroatoms. The summed E-state index contributed by atoms with van der Waals surface area (Å²) in [6, 6.07) is 4.89. The van der Waals surface area contributed by atoms with Crippen LogP contribution < -0.4 is 0 Å². The van der Waals surface area contributed by atoms with E-state index in [4.69, 9.17) is 15.4 Å². The molecule has 0 atom stereocenters. The number of rotatable bonds is 8. The molecule has 0 amide bonds. The molecule has 1 aromatic rings. The summed E-state index contributed by atoms with van der Waals surface area (Å²) in [4.78, 5) is -0.419. The van der Waals surface area contributed by atoms with E-state index in [9.17, 15) is 16.8 Å². The number of methoxy groups -OCH3 is 1. The predicted octanol–water partition coefficient (Wildman–Crippen LogP) is 1.44. The number of ether oxygens (including phenoxy) is 1. The summed E-state index contributed by atoms with van der Waals surface area (Å²) in [5.41, 5.74) is 0. The van der Waals surface area contributed by atoms with Gasteiger partial charge in [-0.15, -0.1) is 6.58 Å². The fourth-order valence-electron chi connectivity index (χ4n) is 1.58. The smallest absolute Gasteiger partial charge is 0.261 e. The number of hydrogen-bond acceptors (Lipinski definition) is 5. The molecule has 1 rings (SSSR count). The molecule has 118 valence electrons. The molecule has 0 aromatic heterocycles. The van der Waals surface area contributed by atoms with Gasteiger partial charge in [0.1, 0.15) is 0 Å². The average Bonchev–Trinajstić information content (AvgIpc) is 2.42. The number of halogens is 1. The molecule has 0 aliphatic carbocycles. The Morgan fingerprint density at radius 1 is 1.29 bits per heavy atom. The molecule has 0 saturated carbocycles. The van der Waals surface area contributed by atoms with Crippen LogP contribution in [0.2, 0.25) is 0 Å². The lowest BCUT2D eigenvalue weighted by Gasteiger charge is -2.20. The van der Waals surface area contributed by atoms with Crippen LogP contribution in [0.5, 0.6) is 0 Å². The van der Waals surface area contributed by atoms with Gasteiger partial charge in [0.05, 0.1) is 16.4 Å². The topological polar surface area (TPSA) is 80.8 Å². The van der Waals surface area contributed by atoms with Crippen molar-refractivity contribution in [2.45, 2.75) is 9.79 Å². The van der Waals surface area contributed by atoms with Crippen molar-refractivity contribution >= 4 is 29.8 Å². The second-order valence-electron chi connectivity index (χ2n) is 4.06. The minimum absolute atomic E-state index is 0.0869. The van der Waals surface area contributed by atoms with Crippen molar-refractivity contribution in [3.05, 3.63) is 36.9 Å². The predicted molar refractivity (Wildman–Crippen MR) is 80.3 cm³/mol. The number of hydrogen-bond donors (Lipinski definition) is 0. The molecule has 21 heavy (non-hydrogen) atoms. The Bertz CT molecular complexity index is 700. The molecule has 0 fully saturated rings. The molecule has 0 heterocycles. The summed E-state index contributed by atoms with van der Waals surface area (Å²) in [6.07, 6.45) is 1.44. The van der Waals surface area contributed by atoms with Gasteiger partial charge in [-0.25, -0.2) is 16.8 Å². The Hall–Kier alpha value is -0.930. The van der Waals surface area contributed by atoms with Gasteiger partial charge < -0.3 is 4.74 Å². The summed E-state index contributed by atoms with van der Waals surface area (Å²) in [5, 5.41) is 0. The van der Waals surface area contributed by atoms with Crippen LogP contribution in [0.3, 0.4) is 0 Å². The number of sulfonamides is 1. The highest BCUT2D eigenvalue weighted by Crippen LogP contribution is 2.21. The van der Waals surface area contributed by atoms with Crippen molar-refractivity contribution in [3.63, 3.8) is 0 Å². The van der Waals surface area contributed by atoms with E-state index < -0.39 is 19.1 Å². The van der Waals surface area contributed by atoms with Gasteiger partial charge in [-0.1, -0.05) is 12.1 Å². The maximum atomic E-state index is 12.5. The Balaban J connectivity index is 3.24. The molecule has 0 saturated heterocycles. The van der Waals surface area contributed by atoms with Crippen LogP contribution >= 0.6 is 10.7 Å². The van der Waals surface area contributed by atoms with Gasteiger partial charge in [0.25, 0.3) is 9.05 Å². The van der Waals surface area contributed by atoms with Crippen LogP contribution in [0.15, 0.2) is 46.7 Å². The van der Waals surface area contributed by atoms with Crippen molar-refractivity contribution in [2.24, 2.45) is 0 Å². The molecule has 6 nitrogen and oxygen atoms in total.